The standard InChI is InChI=1S/C55H39N/c1-5-18-40(19-6-1)48-26-13-14-27-49(48)41-32-36-46(37-33-41)56(45-24-11-4-12-25-45)47-38-34-42(35-39-47)50-29-17-31-53-54(50)51-28-15-16-30-52(51)55(53,43-20-7-2-8-21-43)44-22-9-3-10-23-44/h1-39H. The quantitative estimate of drug-likeness (QED) is 0.152. The third kappa shape index (κ3) is 5.56. The highest BCUT2D eigenvalue weighted by atomic mass is 15.1. The Hall–Kier alpha value is -7.22. The van der Waals surface area contributed by atoms with Crippen molar-refractivity contribution in [2.45, 2.75) is 5.41 Å². The topological polar surface area (TPSA) is 3.24 Å². The van der Waals surface area contributed by atoms with E-state index in [4.69, 9.17) is 0 Å². The van der Waals surface area contributed by atoms with Gasteiger partial charge < -0.3 is 4.90 Å². The molecule has 9 aromatic rings. The van der Waals surface area contributed by atoms with Gasteiger partial charge in [-0.25, -0.2) is 0 Å². The van der Waals surface area contributed by atoms with Crippen LogP contribution in [0.2, 0.25) is 0 Å². The van der Waals surface area contributed by atoms with Crippen molar-refractivity contribution in [2.24, 2.45) is 0 Å². The molecule has 10 rings (SSSR count). The van der Waals surface area contributed by atoms with Crippen molar-refractivity contribution in [2.75, 3.05) is 4.90 Å². The van der Waals surface area contributed by atoms with E-state index in [0.717, 1.165) is 17.1 Å². The van der Waals surface area contributed by atoms with Crippen molar-refractivity contribution in [1.29, 1.82) is 0 Å². The van der Waals surface area contributed by atoms with Gasteiger partial charge in [0.15, 0.2) is 0 Å². The molecule has 0 radical (unpaired) electrons. The first kappa shape index (κ1) is 33.4. The molecule has 56 heavy (non-hydrogen) atoms. The molecule has 0 bridgehead atoms. The number of nitrogens with zero attached hydrogens (tertiary/aromatic N) is 1. The fourth-order valence-electron chi connectivity index (χ4n) is 8.94. The largest absolute Gasteiger partial charge is 0.311 e. The van der Waals surface area contributed by atoms with E-state index in [1.807, 2.05) is 0 Å². The number of hydrogen-bond acceptors (Lipinski definition) is 1. The molecule has 0 aliphatic heterocycles. The average Bonchev–Trinajstić information content (AvgIpc) is 3.60. The Bertz CT molecular complexity index is 2710. The molecule has 0 atom stereocenters. The van der Waals surface area contributed by atoms with Gasteiger partial charge in [0.25, 0.3) is 0 Å². The molecule has 0 heterocycles. The van der Waals surface area contributed by atoms with Crippen LogP contribution < -0.4 is 4.90 Å². The van der Waals surface area contributed by atoms with Crippen LogP contribution in [0.15, 0.2) is 237 Å². The molecule has 1 heteroatoms. The lowest BCUT2D eigenvalue weighted by atomic mass is 9.67. The van der Waals surface area contributed by atoms with Gasteiger partial charge in [-0.3, -0.25) is 0 Å². The Morgan fingerprint density at radius 3 is 1.18 bits per heavy atom. The molecule has 1 nitrogen and oxygen atoms in total. The highest BCUT2D eigenvalue weighted by molar-refractivity contribution is 5.96. The van der Waals surface area contributed by atoms with Gasteiger partial charge in [-0.1, -0.05) is 200 Å². The minimum absolute atomic E-state index is 0.428. The number of benzene rings is 9. The molecule has 0 saturated carbocycles. The summed E-state index contributed by atoms with van der Waals surface area (Å²) < 4.78 is 0. The molecule has 0 spiro atoms. The van der Waals surface area contributed by atoms with Crippen LogP contribution in [0.4, 0.5) is 17.1 Å². The second kappa shape index (κ2) is 14.2. The monoisotopic (exact) mass is 713 g/mol. The van der Waals surface area contributed by atoms with Gasteiger partial charge in [0, 0.05) is 17.1 Å². The Balaban J connectivity index is 1.07. The molecular formula is C55H39N. The zero-order valence-electron chi connectivity index (χ0n) is 31.0. The normalized spacial score (nSPS) is 12.4. The van der Waals surface area contributed by atoms with Gasteiger partial charge in [-0.15, -0.1) is 0 Å². The fourth-order valence-corrected chi connectivity index (χ4v) is 8.94. The lowest BCUT2D eigenvalue weighted by Crippen LogP contribution is -2.28. The van der Waals surface area contributed by atoms with E-state index in [1.54, 1.807) is 0 Å². The third-order valence-electron chi connectivity index (χ3n) is 11.4. The van der Waals surface area contributed by atoms with Crippen molar-refractivity contribution >= 4 is 17.1 Å². The molecule has 1 aliphatic rings. The number of para-hydroxylation sites is 1. The van der Waals surface area contributed by atoms with Crippen molar-refractivity contribution in [3.8, 4) is 44.5 Å². The van der Waals surface area contributed by atoms with E-state index in [9.17, 15) is 0 Å². The first-order valence-corrected chi connectivity index (χ1v) is 19.4. The lowest BCUT2D eigenvalue weighted by molar-refractivity contribution is 0.768. The van der Waals surface area contributed by atoms with E-state index >= 15 is 0 Å². The minimum atomic E-state index is -0.428. The molecular weight excluding hydrogens is 675 g/mol. The highest BCUT2D eigenvalue weighted by Gasteiger charge is 2.46. The van der Waals surface area contributed by atoms with Gasteiger partial charge in [-0.2, -0.15) is 0 Å². The number of anilines is 3. The molecule has 0 aromatic heterocycles. The maximum atomic E-state index is 2.34. The summed E-state index contributed by atoms with van der Waals surface area (Å²) in [6.45, 7) is 0. The molecule has 0 amide bonds. The van der Waals surface area contributed by atoms with Crippen molar-refractivity contribution in [3.63, 3.8) is 0 Å². The second-order valence-corrected chi connectivity index (χ2v) is 14.4. The Kier molecular flexibility index (Phi) is 8.46. The van der Waals surface area contributed by atoms with E-state index in [-0.39, 0.29) is 0 Å². The van der Waals surface area contributed by atoms with Crippen LogP contribution in [0.1, 0.15) is 22.3 Å². The summed E-state index contributed by atoms with van der Waals surface area (Å²) in [5, 5.41) is 0. The zero-order valence-corrected chi connectivity index (χ0v) is 31.0. The summed E-state index contributed by atoms with van der Waals surface area (Å²) in [5.41, 5.74) is 18.0. The molecule has 0 fully saturated rings. The average molecular weight is 714 g/mol. The van der Waals surface area contributed by atoms with Crippen LogP contribution in [-0.2, 0) is 5.41 Å². The van der Waals surface area contributed by atoms with Crippen LogP contribution in [0.5, 0.6) is 0 Å². The summed E-state index contributed by atoms with van der Waals surface area (Å²) in [7, 11) is 0. The molecule has 264 valence electrons. The minimum Gasteiger partial charge on any atom is -0.311 e. The van der Waals surface area contributed by atoms with Crippen LogP contribution >= 0.6 is 0 Å². The Labute approximate surface area is 329 Å². The van der Waals surface area contributed by atoms with Gasteiger partial charge >= 0.3 is 0 Å². The van der Waals surface area contributed by atoms with E-state index in [2.05, 4.69) is 241 Å². The number of fused-ring (bicyclic) bond motifs is 3. The maximum Gasteiger partial charge on any atom is 0.0713 e. The van der Waals surface area contributed by atoms with E-state index in [1.165, 1.54) is 66.8 Å². The molecule has 0 N–H and O–H groups in total. The fraction of sp³-hybridized carbons (Fsp3) is 0.0182. The van der Waals surface area contributed by atoms with Gasteiger partial charge in [0.2, 0.25) is 0 Å². The molecule has 9 aromatic carbocycles. The van der Waals surface area contributed by atoms with Crippen molar-refractivity contribution in [3.05, 3.63) is 259 Å². The first-order chi connectivity index (χ1) is 27.8. The van der Waals surface area contributed by atoms with Crippen LogP contribution in [0.25, 0.3) is 44.5 Å². The van der Waals surface area contributed by atoms with E-state index < -0.39 is 5.41 Å². The first-order valence-electron chi connectivity index (χ1n) is 19.4. The predicted molar refractivity (Wildman–Crippen MR) is 235 cm³/mol. The predicted octanol–water partition coefficient (Wildman–Crippen LogP) is 14.5. The Morgan fingerprint density at radius 1 is 0.250 bits per heavy atom. The number of hydrogen-bond donors (Lipinski definition) is 0. The summed E-state index contributed by atoms with van der Waals surface area (Å²) in [5.74, 6) is 0. The summed E-state index contributed by atoms with van der Waals surface area (Å²) in [6, 6.07) is 85.9. The SMILES string of the molecule is c1ccc(-c2ccccc2-c2ccc(N(c3ccccc3)c3ccc(-c4cccc5c4-c4ccccc4C5(c4ccccc4)c4ccccc4)cc3)cc2)cc1. The maximum absolute atomic E-state index is 2.34. The number of rotatable bonds is 8. The third-order valence-corrected chi connectivity index (χ3v) is 11.4. The molecule has 1 aliphatic carbocycles. The van der Waals surface area contributed by atoms with Gasteiger partial charge in [-0.05, 0) is 103 Å². The smallest absolute Gasteiger partial charge is 0.0713 e. The van der Waals surface area contributed by atoms with Crippen molar-refractivity contribution in [1.82, 2.24) is 0 Å². The van der Waals surface area contributed by atoms with E-state index in [0.29, 0.717) is 0 Å². The van der Waals surface area contributed by atoms with Crippen LogP contribution in [0, 0.1) is 0 Å². The second-order valence-electron chi connectivity index (χ2n) is 14.4. The van der Waals surface area contributed by atoms with Gasteiger partial charge in [0.1, 0.15) is 0 Å². The highest BCUT2D eigenvalue weighted by Crippen LogP contribution is 2.58. The lowest BCUT2D eigenvalue weighted by Gasteiger charge is -2.34. The van der Waals surface area contributed by atoms with Crippen LogP contribution in [0.3, 0.4) is 0 Å². The molecule has 0 unspecified atom stereocenters. The summed E-state index contributed by atoms with van der Waals surface area (Å²) in [6.07, 6.45) is 0. The molecule has 0 saturated heterocycles. The Morgan fingerprint density at radius 2 is 0.625 bits per heavy atom. The van der Waals surface area contributed by atoms with Crippen LogP contribution in [-0.4, -0.2) is 0 Å². The zero-order chi connectivity index (χ0) is 37.3. The van der Waals surface area contributed by atoms with Gasteiger partial charge in [0.05, 0.1) is 5.41 Å². The summed E-state index contributed by atoms with van der Waals surface area (Å²) >= 11 is 0. The summed E-state index contributed by atoms with van der Waals surface area (Å²) in [4.78, 5) is 2.34. The van der Waals surface area contributed by atoms with Crippen molar-refractivity contribution < 1.29 is 0 Å².